The van der Waals surface area contributed by atoms with Crippen molar-refractivity contribution in [3.8, 4) is 11.5 Å². The lowest BCUT2D eigenvalue weighted by Gasteiger charge is -2.20. The molecule has 2 aromatic rings. The molecule has 0 aliphatic carbocycles. The molecule has 0 radical (unpaired) electrons. The van der Waals surface area contributed by atoms with Crippen LogP contribution in [0.3, 0.4) is 0 Å². The van der Waals surface area contributed by atoms with E-state index in [2.05, 4.69) is 31.8 Å². The molecule has 3 heteroatoms. The number of aliphatic hydroxyl groups is 1. The Balaban J connectivity index is 2.33. The van der Waals surface area contributed by atoms with E-state index in [0.717, 1.165) is 11.4 Å². The van der Waals surface area contributed by atoms with Crippen LogP contribution in [0.5, 0.6) is 11.5 Å². The Morgan fingerprint density at radius 3 is 2.60 bits per heavy atom. The highest BCUT2D eigenvalue weighted by Gasteiger charge is 2.14. The molecule has 1 heterocycles. The Hall–Kier alpha value is -1.87. The largest absolute Gasteiger partial charge is 0.457 e. The predicted octanol–water partition coefficient (Wildman–Crippen LogP) is 3.97. The molecular weight excluding hydrogens is 250 g/mol. The third kappa shape index (κ3) is 3.36. The van der Waals surface area contributed by atoms with Crippen molar-refractivity contribution in [1.82, 2.24) is 4.98 Å². The first kappa shape index (κ1) is 14.5. The zero-order valence-electron chi connectivity index (χ0n) is 12.5. The summed E-state index contributed by atoms with van der Waals surface area (Å²) in [7, 11) is 0. The lowest BCUT2D eigenvalue weighted by atomic mass is 9.87. The molecule has 3 nitrogen and oxygen atoms in total. The average molecular weight is 271 g/mol. The van der Waals surface area contributed by atoms with E-state index in [4.69, 9.17) is 4.74 Å². The summed E-state index contributed by atoms with van der Waals surface area (Å²) in [4.78, 5) is 4.17. The molecule has 0 saturated carbocycles. The number of nitrogens with zero attached hydrogens (tertiary/aromatic N) is 1. The van der Waals surface area contributed by atoms with E-state index in [1.54, 1.807) is 6.20 Å². The smallest absolute Gasteiger partial charge is 0.136 e. The van der Waals surface area contributed by atoms with Crippen LogP contribution in [0.2, 0.25) is 0 Å². The van der Waals surface area contributed by atoms with Gasteiger partial charge in [-0.15, -0.1) is 0 Å². The monoisotopic (exact) mass is 271 g/mol. The summed E-state index contributed by atoms with van der Waals surface area (Å²) >= 11 is 0. The van der Waals surface area contributed by atoms with Crippen LogP contribution in [-0.4, -0.2) is 10.1 Å². The minimum atomic E-state index is -0.0818. The number of benzene rings is 1. The van der Waals surface area contributed by atoms with Crippen molar-refractivity contribution in [1.29, 1.82) is 0 Å². The maximum atomic E-state index is 9.35. The van der Waals surface area contributed by atoms with Crippen molar-refractivity contribution in [3.63, 3.8) is 0 Å². The molecule has 0 unspecified atom stereocenters. The number of aromatic nitrogens is 1. The predicted molar refractivity (Wildman–Crippen MR) is 80.1 cm³/mol. The van der Waals surface area contributed by atoms with Crippen molar-refractivity contribution < 1.29 is 9.84 Å². The highest BCUT2D eigenvalue weighted by atomic mass is 16.5. The third-order valence-electron chi connectivity index (χ3n) is 3.18. The Morgan fingerprint density at radius 2 is 1.95 bits per heavy atom. The fourth-order valence-electron chi connectivity index (χ4n) is 1.93. The van der Waals surface area contributed by atoms with Crippen LogP contribution in [0, 0.1) is 6.92 Å². The molecule has 1 aromatic heterocycles. The molecule has 0 aliphatic heterocycles. The Morgan fingerprint density at radius 1 is 1.20 bits per heavy atom. The molecule has 0 saturated heterocycles. The molecule has 1 aromatic carbocycles. The number of hydrogen-bond donors (Lipinski definition) is 1. The summed E-state index contributed by atoms with van der Waals surface area (Å²) in [5.41, 5.74) is 2.85. The molecule has 0 bridgehead atoms. The molecule has 0 spiro atoms. The Bertz CT molecular complexity index is 600. The second-order valence-corrected chi connectivity index (χ2v) is 5.97. The minimum Gasteiger partial charge on any atom is -0.457 e. The molecule has 2 rings (SSSR count). The number of pyridine rings is 1. The van der Waals surface area contributed by atoms with Crippen LogP contribution < -0.4 is 4.74 Å². The standard InChI is InChI=1S/C17H21NO2/c1-12-8-16(13(11-19)10-18-12)20-15-7-5-6-14(9-15)17(2,3)4/h5-10,19H,11H2,1-4H3. The van der Waals surface area contributed by atoms with E-state index in [0.29, 0.717) is 11.3 Å². The first-order valence-electron chi connectivity index (χ1n) is 6.75. The van der Waals surface area contributed by atoms with Gasteiger partial charge in [0.25, 0.3) is 0 Å². The molecule has 106 valence electrons. The van der Waals surface area contributed by atoms with Crippen LogP contribution in [0.15, 0.2) is 36.5 Å². The number of rotatable bonds is 3. The van der Waals surface area contributed by atoms with Crippen LogP contribution in [0.25, 0.3) is 0 Å². The van der Waals surface area contributed by atoms with Crippen LogP contribution in [-0.2, 0) is 12.0 Å². The quantitative estimate of drug-likeness (QED) is 0.918. The van der Waals surface area contributed by atoms with Crippen molar-refractivity contribution >= 4 is 0 Å². The van der Waals surface area contributed by atoms with Gasteiger partial charge < -0.3 is 9.84 Å². The molecular formula is C17H21NO2. The van der Waals surface area contributed by atoms with Gasteiger partial charge in [0.05, 0.1) is 6.61 Å². The van der Waals surface area contributed by atoms with Crippen molar-refractivity contribution in [3.05, 3.63) is 53.3 Å². The zero-order chi connectivity index (χ0) is 14.8. The number of ether oxygens (including phenoxy) is 1. The molecule has 0 atom stereocenters. The van der Waals surface area contributed by atoms with Gasteiger partial charge in [-0.1, -0.05) is 32.9 Å². The summed E-state index contributed by atoms with van der Waals surface area (Å²) < 4.78 is 5.92. The van der Waals surface area contributed by atoms with E-state index in [-0.39, 0.29) is 12.0 Å². The summed E-state index contributed by atoms with van der Waals surface area (Å²) in [6.07, 6.45) is 1.65. The van der Waals surface area contributed by atoms with E-state index < -0.39 is 0 Å². The fraction of sp³-hybridized carbons (Fsp3) is 0.353. The van der Waals surface area contributed by atoms with Crippen LogP contribution in [0.1, 0.15) is 37.6 Å². The molecule has 0 amide bonds. The summed E-state index contributed by atoms with van der Waals surface area (Å²) in [5.74, 6) is 1.43. The average Bonchev–Trinajstić information content (AvgIpc) is 2.38. The van der Waals surface area contributed by atoms with Gasteiger partial charge >= 0.3 is 0 Å². The van der Waals surface area contributed by atoms with Gasteiger partial charge in [0.2, 0.25) is 0 Å². The zero-order valence-corrected chi connectivity index (χ0v) is 12.5. The number of aliphatic hydroxyl groups excluding tert-OH is 1. The van der Waals surface area contributed by atoms with Gasteiger partial charge in [0, 0.05) is 23.5 Å². The van der Waals surface area contributed by atoms with Crippen molar-refractivity contribution in [2.75, 3.05) is 0 Å². The summed E-state index contributed by atoms with van der Waals surface area (Å²) in [5, 5.41) is 9.35. The molecule has 1 N–H and O–H groups in total. The summed E-state index contributed by atoms with van der Waals surface area (Å²) in [6.45, 7) is 8.33. The van der Waals surface area contributed by atoms with Gasteiger partial charge in [-0.2, -0.15) is 0 Å². The Labute approximate surface area is 120 Å². The molecule has 0 fully saturated rings. The molecule has 20 heavy (non-hydrogen) atoms. The van der Waals surface area contributed by atoms with Gasteiger partial charge in [-0.3, -0.25) is 4.98 Å². The van der Waals surface area contributed by atoms with E-state index in [1.165, 1.54) is 5.56 Å². The van der Waals surface area contributed by atoms with Gasteiger partial charge in [0.15, 0.2) is 0 Å². The highest BCUT2D eigenvalue weighted by molar-refractivity contribution is 5.39. The van der Waals surface area contributed by atoms with Crippen molar-refractivity contribution in [2.45, 2.75) is 39.7 Å². The van der Waals surface area contributed by atoms with E-state index in [9.17, 15) is 5.11 Å². The SMILES string of the molecule is Cc1cc(Oc2cccc(C(C)(C)C)c2)c(CO)cn1. The number of hydrogen-bond acceptors (Lipinski definition) is 3. The Kier molecular flexibility index (Phi) is 4.09. The highest BCUT2D eigenvalue weighted by Crippen LogP contribution is 2.30. The first-order valence-corrected chi connectivity index (χ1v) is 6.75. The van der Waals surface area contributed by atoms with Crippen LogP contribution in [0.4, 0.5) is 0 Å². The van der Waals surface area contributed by atoms with E-state index in [1.807, 2.05) is 31.2 Å². The van der Waals surface area contributed by atoms with Crippen LogP contribution >= 0.6 is 0 Å². The lowest BCUT2D eigenvalue weighted by molar-refractivity contribution is 0.276. The third-order valence-corrected chi connectivity index (χ3v) is 3.18. The fourth-order valence-corrected chi connectivity index (χ4v) is 1.93. The maximum absolute atomic E-state index is 9.35. The lowest BCUT2D eigenvalue weighted by Crippen LogP contribution is -2.10. The van der Waals surface area contributed by atoms with Crippen molar-refractivity contribution in [2.24, 2.45) is 0 Å². The second-order valence-electron chi connectivity index (χ2n) is 5.97. The van der Waals surface area contributed by atoms with Gasteiger partial charge in [-0.25, -0.2) is 0 Å². The maximum Gasteiger partial charge on any atom is 0.136 e. The molecule has 0 aliphatic rings. The normalized spacial score (nSPS) is 11.4. The van der Waals surface area contributed by atoms with Gasteiger partial charge in [0.1, 0.15) is 11.5 Å². The summed E-state index contributed by atoms with van der Waals surface area (Å²) in [6, 6.07) is 9.89. The first-order chi connectivity index (χ1) is 9.40. The van der Waals surface area contributed by atoms with Gasteiger partial charge in [-0.05, 0) is 30.0 Å². The van der Waals surface area contributed by atoms with E-state index >= 15 is 0 Å². The minimum absolute atomic E-state index is 0.0767. The second kappa shape index (κ2) is 5.63. The topological polar surface area (TPSA) is 42.4 Å². The number of aryl methyl sites for hydroxylation is 1.